The molecule has 0 spiro atoms. The lowest BCUT2D eigenvalue weighted by Gasteiger charge is -2.25. The van der Waals surface area contributed by atoms with Crippen molar-refractivity contribution in [1.82, 2.24) is 9.80 Å². The number of hydrogen-bond donors (Lipinski definition) is 0. The Balaban J connectivity index is 1.69. The van der Waals surface area contributed by atoms with Gasteiger partial charge < -0.3 is 4.90 Å². The molecule has 1 atom stereocenters. The molecule has 0 N–H and O–H groups in total. The van der Waals surface area contributed by atoms with Gasteiger partial charge in [0.25, 0.3) is 11.1 Å². The van der Waals surface area contributed by atoms with E-state index >= 15 is 0 Å². The van der Waals surface area contributed by atoms with Crippen molar-refractivity contribution in [3.05, 3.63) is 39.8 Å². The molecule has 2 heterocycles. The summed E-state index contributed by atoms with van der Waals surface area (Å²) in [6.45, 7) is -0.412. The molecule has 1 aromatic carbocycles. The number of likely N-dealkylation sites (N-methyl/N-ethyl adjacent to an activating group) is 1. The largest absolute Gasteiger partial charge is 0.340 e. The Bertz CT molecular complexity index is 944. The zero-order chi connectivity index (χ0) is 19.8. The van der Waals surface area contributed by atoms with E-state index in [-0.39, 0.29) is 16.4 Å². The number of sulfone groups is 1. The first-order valence-electron chi connectivity index (χ1n) is 8.13. The average molecular weight is 429 g/mol. The van der Waals surface area contributed by atoms with Crippen LogP contribution in [0.2, 0.25) is 5.02 Å². The van der Waals surface area contributed by atoms with Gasteiger partial charge in [-0.05, 0) is 42.0 Å². The Morgan fingerprint density at radius 3 is 2.78 bits per heavy atom. The van der Waals surface area contributed by atoms with Crippen LogP contribution in [-0.2, 0) is 19.4 Å². The van der Waals surface area contributed by atoms with E-state index in [2.05, 4.69) is 0 Å². The number of thioether (sulfide) groups is 1. The van der Waals surface area contributed by atoms with Crippen molar-refractivity contribution >= 4 is 56.3 Å². The van der Waals surface area contributed by atoms with E-state index in [1.165, 1.54) is 11.9 Å². The summed E-state index contributed by atoms with van der Waals surface area (Å²) in [5.41, 5.74) is 0.674. The smallest absolute Gasteiger partial charge is 0.294 e. The molecule has 3 rings (SSSR count). The van der Waals surface area contributed by atoms with Gasteiger partial charge in [-0.1, -0.05) is 23.7 Å². The lowest BCUT2D eigenvalue weighted by atomic mass is 10.2. The molecule has 3 amide bonds. The van der Waals surface area contributed by atoms with Gasteiger partial charge in [0.1, 0.15) is 6.54 Å². The first kappa shape index (κ1) is 19.9. The maximum Gasteiger partial charge on any atom is 0.294 e. The van der Waals surface area contributed by atoms with Gasteiger partial charge >= 0.3 is 0 Å². The summed E-state index contributed by atoms with van der Waals surface area (Å²) in [7, 11) is -1.64. The molecule has 2 saturated heterocycles. The third-order valence-electron chi connectivity index (χ3n) is 4.46. The summed E-state index contributed by atoms with van der Waals surface area (Å²) in [6.07, 6.45) is 1.91. The Labute approximate surface area is 166 Å². The van der Waals surface area contributed by atoms with Crippen molar-refractivity contribution in [2.24, 2.45) is 0 Å². The van der Waals surface area contributed by atoms with Crippen molar-refractivity contribution in [2.45, 2.75) is 12.5 Å². The average Bonchev–Trinajstić information content (AvgIpc) is 3.08. The second-order valence-corrected chi connectivity index (χ2v) is 10.0. The first-order valence-corrected chi connectivity index (χ1v) is 11.1. The van der Waals surface area contributed by atoms with Gasteiger partial charge in [-0.3, -0.25) is 19.3 Å². The Kier molecular flexibility index (Phi) is 5.64. The molecule has 27 heavy (non-hydrogen) atoms. The lowest BCUT2D eigenvalue weighted by molar-refractivity contribution is -0.136. The van der Waals surface area contributed by atoms with Crippen LogP contribution in [0.1, 0.15) is 12.0 Å². The van der Waals surface area contributed by atoms with Crippen LogP contribution < -0.4 is 0 Å². The molecule has 0 saturated carbocycles. The summed E-state index contributed by atoms with van der Waals surface area (Å²) in [5.74, 6) is -1.07. The number of benzene rings is 1. The molecule has 2 fully saturated rings. The lowest BCUT2D eigenvalue weighted by Crippen LogP contribution is -2.45. The van der Waals surface area contributed by atoms with Crippen molar-refractivity contribution in [1.29, 1.82) is 0 Å². The maximum absolute atomic E-state index is 12.5. The van der Waals surface area contributed by atoms with Gasteiger partial charge in [0.05, 0.1) is 16.4 Å². The number of imide groups is 1. The summed E-state index contributed by atoms with van der Waals surface area (Å²) in [6, 6.07) is 6.41. The topological polar surface area (TPSA) is 91.8 Å². The van der Waals surface area contributed by atoms with Crippen LogP contribution in [0.5, 0.6) is 0 Å². The predicted molar refractivity (Wildman–Crippen MR) is 104 cm³/mol. The molecule has 0 unspecified atom stereocenters. The fourth-order valence-corrected chi connectivity index (χ4v) is 5.73. The number of rotatable bonds is 4. The predicted octanol–water partition coefficient (Wildman–Crippen LogP) is 2.02. The molecular formula is C17H17ClN2O5S2. The number of halogens is 1. The third-order valence-corrected chi connectivity index (χ3v) is 7.36. The SMILES string of the molecule is CN(C(=O)CN1C(=O)S/C(=C/c2cccc(Cl)c2)C1=O)[C@@H]1CCS(=O)(=O)C1. The van der Waals surface area contributed by atoms with Crippen molar-refractivity contribution in [3.63, 3.8) is 0 Å². The fraction of sp³-hybridized carbons (Fsp3) is 0.353. The van der Waals surface area contributed by atoms with E-state index in [0.29, 0.717) is 17.0 Å². The number of amides is 3. The van der Waals surface area contributed by atoms with E-state index in [1.54, 1.807) is 30.3 Å². The molecule has 0 radical (unpaired) electrons. The molecule has 7 nitrogen and oxygen atoms in total. The molecule has 144 valence electrons. The van der Waals surface area contributed by atoms with Crippen LogP contribution in [0.15, 0.2) is 29.2 Å². The van der Waals surface area contributed by atoms with E-state index < -0.39 is 39.5 Å². The van der Waals surface area contributed by atoms with Crippen LogP contribution in [-0.4, -0.2) is 66.4 Å². The normalized spacial score (nSPS) is 23.3. The highest BCUT2D eigenvalue weighted by Gasteiger charge is 2.39. The second-order valence-electron chi connectivity index (χ2n) is 6.38. The summed E-state index contributed by atoms with van der Waals surface area (Å²) in [4.78, 5) is 39.5. The van der Waals surface area contributed by atoms with Crippen molar-refractivity contribution < 1.29 is 22.8 Å². The summed E-state index contributed by atoms with van der Waals surface area (Å²) < 4.78 is 23.2. The van der Waals surface area contributed by atoms with Crippen molar-refractivity contribution in [2.75, 3.05) is 25.1 Å². The summed E-state index contributed by atoms with van der Waals surface area (Å²) in [5, 5.41) is -0.0274. The highest BCUT2D eigenvalue weighted by molar-refractivity contribution is 8.18. The Hall–Kier alpha value is -1.84. The highest BCUT2D eigenvalue weighted by atomic mass is 35.5. The minimum absolute atomic E-state index is 0.0409. The molecule has 0 aliphatic carbocycles. The number of carbonyl (C=O) groups excluding carboxylic acids is 3. The minimum atomic E-state index is -3.14. The van der Waals surface area contributed by atoms with E-state index in [4.69, 9.17) is 11.6 Å². The van der Waals surface area contributed by atoms with Crippen LogP contribution in [0.25, 0.3) is 6.08 Å². The molecule has 10 heteroatoms. The quantitative estimate of drug-likeness (QED) is 0.681. The molecule has 2 aliphatic rings. The van der Waals surface area contributed by atoms with Gasteiger partial charge in [0.15, 0.2) is 9.84 Å². The van der Waals surface area contributed by atoms with Crippen LogP contribution in [0, 0.1) is 0 Å². The molecule has 0 bridgehead atoms. The van der Waals surface area contributed by atoms with Gasteiger partial charge in [0, 0.05) is 18.1 Å². The van der Waals surface area contributed by atoms with E-state index in [9.17, 15) is 22.8 Å². The molecule has 1 aromatic rings. The van der Waals surface area contributed by atoms with Crippen LogP contribution in [0.4, 0.5) is 4.79 Å². The van der Waals surface area contributed by atoms with E-state index in [1.807, 2.05) is 0 Å². The standard InChI is InChI=1S/C17H17ClN2O5S2/c1-19(13-5-6-27(24,25)10-13)15(21)9-20-16(22)14(26-17(20)23)8-11-3-2-4-12(18)7-11/h2-4,7-8,13H,5-6,9-10H2,1H3/b14-8+/t13-/m1/s1. The van der Waals surface area contributed by atoms with Crippen LogP contribution in [0.3, 0.4) is 0 Å². The molecular weight excluding hydrogens is 412 g/mol. The Morgan fingerprint density at radius 2 is 2.15 bits per heavy atom. The maximum atomic E-state index is 12.5. The van der Waals surface area contributed by atoms with Gasteiger partial charge in [-0.25, -0.2) is 8.42 Å². The van der Waals surface area contributed by atoms with Crippen molar-refractivity contribution in [3.8, 4) is 0 Å². The molecule has 0 aromatic heterocycles. The van der Waals surface area contributed by atoms with Gasteiger partial charge in [-0.2, -0.15) is 0 Å². The fourth-order valence-electron chi connectivity index (χ4n) is 2.92. The Morgan fingerprint density at radius 1 is 1.41 bits per heavy atom. The summed E-state index contributed by atoms with van der Waals surface area (Å²) >= 11 is 6.68. The number of nitrogens with zero attached hydrogens (tertiary/aromatic N) is 2. The monoisotopic (exact) mass is 428 g/mol. The molecule has 2 aliphatic heterocycles. The van der Waals surface area contributed by atoms with Gasteiger partial charge in [0.2, 0.25) is 5.91 Å². The third kappa shape index (κ3) is 4.53. The van der Waals surface area contributed by atoms with E-state index in [0.717, 1.165) is 16.7 Å². The minimum Gasteiger partial charge on any atom is -0.340 e. The number of hydrogen-bond acceptors (Lipinski definition) is 6. The zero-order valence-corrected chi connectivity index (χ0v) is 16.8. The second kappa shape index (κ2) is 7.65. The highest BCUT2D eigenvalue weighted by Crippen LogP contribution is 2.32. The first-order chi connectivity index (χ1) is 12.7. The van der Waals surface area contributed by atoms with Gasteiger partial charge in [-0.15, -0.1) is 0 Å². The zero-order valence-electron chi connectivity index (χ0n) is 14.4. The number of carbonyl (C=O) groups is 3. The van der Waals surface area contributed by atoms with Crippen LogP contribution >= 0.6 is 23.4 Å².